The highest BCUT2D eigenvalue weighted by molar-refractivity contribution is 6.08. The van der Waals surface area contributed by atoms with Crippen LogP contribution < -0.4 is 10.4 Å². The van der Waals surface area contributed by atoms with Crippen LogP contribution in [0.3, 0.4) is 0 Å². The summed E-state index contributed by atoms with van der Waals surface area (Å²) >= 11 is 0. The van der Waals surface area contributed by atoms with Gasteiger partial charge in [0.1, 0.15) is 17.1 Å². The third-order valence-corrected chi connectivity index (χ3v) is 4.00. The lowest BCUT2D eigenvalue weighted by Crippen LogP contribution is -2.04. The Labute approximate surface area is 121 Å². The number of ether oxygens (including phenoxy) is 1. The second-order valence-electron chi connectivity index (χ2n) is 5.25. The highest BCUT2D eigenvalue weighted by Crippen LogP contribution is 2.35. The quantitative estimate of drug-likeness (QED) is 0.548. The number of aryl methyl sites for hydroxylation is 3. The Bertz CT molecular complexity index is 935. The van der Waals surface area contributed by atoms with E-state index < -0.39 is 5.63 Å². The first-order valence-corrected chi connectivity index (χ1v) is 6.69. The van der Waals surface area contributed by atoms with E-state index in [1.54, 1.807) is 26.2 Å². The fourth-order valence-corrected chi connectivity index (χ4v) is 2.85. The number of rotatable bonds is 1. The average Bonchev–Trinajstić information content (AvgIpc) is 2.46. The molecule has 3 rings (SSSR count). The van der Waals surface area contributed by atoms with Gasteiger partial charge in [-0.05, 0) is 44.5 Å². The van der Waals surface area contributed by atoms with Crippen LogP contribution in [-0.4, -0.2) is 12.2 Å². The van der Waals surface area contributed by atoms with E-state index in [2.05, 4.69) is 0 Å². The summed E-state index contributed by atoms with van der Waals surface area (Å²) in [5.41, 5.74) is 2.39. The lowest BCUT2D eigenvalue weighted by atomic mass is 9.98. The monoisotopic (exact) mass is 284 g/mol. The minimum absolute atomic E-state index is 0.0945. The molecule has 0 amide bonds. The minimum Gasteiger partial charge on any atom is -0.508 e. The lowest BCUT2D eigenvalue weighted by Gasteiger charge is -2.13. The van der Waals surface area contributed by atoms with Gasteiger partial charge in [-0.3, -0.25) is 0 Å². The normalized spacial score (nSPS) is 11.2. The molecular weight excluding hydrogens is 268 g/mol. The maximum Gasteiger partial charge on any atom is 0.344 e. The molecule has 4 heteroatoms. The van der Waals surface area contributed by atoms with Crippen molar-refractivity contribution in [2.45, 2.75) is 20.8 Å². The second kappa shape index (κ2) is 4.52. The van der Waals surface area contributed by atoms with Gasteiger partial charge in [-0.2, -0.15) is 0 Å². The molecule has 0 radical (unpaired) electrons. The highest BCUT2D eigenvalue weighted by atomic mass is 16.5. The molecule has 0 saturated carbocycles. The zero-order valence-electron chi connectivity index (χ0n) is 12.4. The third kappa shape index (κ3) is 1.79. The van der Waals surface area contributed by atoms with Gasteiger partial charge in [0.25, 0.3) is 0 Å². The van der Waals surface area contributed by atoms with Gasteiger partial charge in [-0.1, -0.05) is 0 Å². The van der Waals surface area contributed by atoms with Crippen LogP contribution in [0.5, 0.6) is 11.5 Å². The predicted molar refractivity (Wildman–Crippen MR) is 82.4 cm³/mol. The number of hydrogen-bond donors (Lipinski definition) is 1. The summed E-state index contributed by atoms with van der Waals surface area (Å²) in [6.45, 7) is 5.53. The summed E-state index contributed by atoms with van der Waals surface area (Å²) in [5, 5.41) is 11.9. The molecule has 0 atom stereocenters. The Morgan fingerprint density at radius 3 is 2.48 bits per heavy atom. The predicted octanol–water partition coefficient (Wildman–Crippen LogP) is 3.59. The fourth-order valence-electron chi connectivity index (χ4n) is 2.85. The molecule has 1 heterocycles. The van der Waals surface area contributed by atoms with E-state index in [-0.39, 0.29) is 5.75 Å². The van der Waals surface area contributed by atoms with Crippen molar-refractivity contribution >= 4 is 21.7 Å². The summed E-state index contributed by atoms with van der Waals surface area (Å²) in [5.74, 6) is 0.787. The highest BCUT2D eigenvalue weighted by Gasteiger charge is 2.17. The third-order valence-electron chi connectivity index (χ3n) is 4.00. The molecule has 0 aliphatic heterocycles. The first kappa shape index (κ1) is 13.5. The maximum absolute atomic E-state index is 12.3. The van der Waals surface area contributed by atoms with Gasteiger partial charge in [-0.15, -0.1) is 0 Å². The summed E-state index contributed by atoms with van der Waals surface area (Å²) < 4.78 is 10.8. The summed E-state index contributed by atoms with van der Waals surface area (Å²) in [6.07, 6.45) is 0. The molecular formula is C17H16O4. The van der Waals surface area contributed by atoms with Crippen LogP contribution in [0.25, 0.3) is 21.7 Å². The molecule has 0 spiro atoms. The van der Waals surface area contributed by atoms with E-state index in [0.29, 0.717) is 22.3 Å². The van der Waals surface area contributed by atoms with Gasteiger partial charge < -0.3 is 14.3 Å². The van der Waals surface area contributed by atoms with Crippen LogP contribution in [-0.2, 0) is 0 Å². The minimum atomic E-state index is -0.443. The van der Waals surface area contributed by atoms with Gasteiger partial charge in [0.15, 0.2) is 0 Å². The molecule has 0 fully saturated rings. The van der Waals surface area contributed by atoms with Crippen molar-refractivity contribution < 1.29 is 14.3 Å². The van der Waals surface area contributed by atoms with Crippen LogP contribution in [0.2, 0.25) is 0 Å². The Kier molecular flexibility index (Phi) is 2.90. The summed E-state index contributed by atoms with van der Waals surface area (Å²) in [4.78, 5) is 12.3. The number of benzene rings is 2. The van der Waals surface area contributed by atoms with Gasteiger partial charge in [0, 0.05) is 21.9 Å². The largest absolute Gasteiger partial charge is 0.508 e. The van der Waals surface area contributed by atoms with Crippen molar-refractivity contribution in [3.05, 3.63) is 45.3 Å². The van der Waals surface area contributed by atoms with Crippen molar-refractivity contribution in [1.29, 1.82) is 0 Å². The molecule has 0 aliphatic rings. The Morgan fingerprint density at radius 2 is 1.81 bits per heavy atom. The van der Waals surface area contributed by atoms with E-state index in [9.17, 15) is 9.90 Å². The Morgan fingerprint density at radius 1 is 1.10 bits per heavy atom. The zero-order valence-corrected chi connectivity index (χ0v) is 12.4. The SMILES string of the molecule is COc1cc(C)c2c(oc(=O)c3c(C)c(O)ccc32)c1C. The van der Waals surface area contributed by atoms with E-state index in [1.807, 2.05) is 19.9 Å². The lowest BCUT2D eigenvalue weighted by molar-refractivity contribution is 0.410. The molecule has 0 bridgehead atoms. The molecule has 0 aliphatic carbocycles. The standard InChI is InChI=1S/C17H16O4/c1-8-7-13(20-4)10(3)16-14(8)11-5-6-12(18)9(2)15(11)17(19)21-16/h5-7,18H,1-4H3. The Balaban J connectivity index is 2.66. The number of hydrogen-bond acceptors (Lipinski definition) is 4. The van der Waals surface area contributed by atoms with Crippen molar-refractivity contribution in [2.75, 3.05) is 7.11 Å². The van der Waals surface area contributed by atoms with E-state index in [4.69, 9.17) is 9.15 Å². The van der Waals surface area contributed by atoms with Crippen molar-refractivity contribution in [3.63, 3.8) is 0 Å². The number of fused-ring (bicyclic) bond motifs is 3. The topological polar surface area (TPSA) is 59.7 Å². The van der Waals surface area contributed by atoms with Crippen LogP contribution >= 0.6 is 0 Å². The van der Waals surface area contributed by atoms with Gasteiger partial charge >= 0.3 is 5.63 Å². The summed E-state index contributed by atoms with van der Waals surface area (Å²) in [6, 6.07) is 5.30. The first-order valence-electron chi connectivity index (χ1n) is 6.69. The molecule has 0 unspecified atom stereocenters. The second-order valence-corrected chi connectivity index (χ2v) is 5.25. The smallest absolute Gasteiger partial charge is 0.344 e. The van der Waals surface area contributed by atoms with Gasteiger partial charge in [0.2, 0.25) is 0 Å². The Hall–Kier alpha value is -2.49. The average molecular weight is 284 g/mol. The molecule has 1 aromatic heterocycles. The maximum atomic E-state index is 12.3. The van der Waals surface area contributed by atoms with Crippen LogP contribution in [0, 0.1) is 20.8 Å². The molecule has 21 heavy (non-hydrogen) atoms. The molecule has 3 aromatic rings. The fraction of sp³-hybridized carbons (Fsp3) is 0.235. The van der Waals surface area contributed by atoms with Gasteiger partial charge in [0.05, 0.1) is 12.5 Å². The van der Waals surface area contributed by atoms with Crippen LogP contribution in [0.4, 0.5) is 0 Å². The van der Waals surface area contributed by atoms with Crippen molar-refractivity contribution in [3.8, 4) is 11.5 Å². The number of aromatic hydroxyl groups is 1. The summed E-state index contributed by atoms with van der Waals surface area (Å²) in [7, 11) is 1.59. The molecule has 0 saturated heterocycles. The first-order chi connectivity index (χ1) is 9.95. The number of phenols is 1. The van der Waals surface area contributed by atoms with E-state index in [0.717, 1.165) is 21.9 Å². The van der Waals surface area contributed by atoms with Crippen molar-refractivity contribution in [2.24, 2.45) is 0 Å². The number of phenolic OH excluding ortho intramolecular Hbond substituents is 1. The van der Waals surface area contributed by atoms with Gasteiger partial charge in [-0.25, -0.2) is 4.79 Å². The molecule has 1 N–H and O–H groups in total. The van der Waals surface area contributed by atoms with E-state index >= 15 is 0 Å². The zero-order chi connectivity index (χ0) is 15.3. The van der Waals surface area contributed by atoms with Crippen LogP contribution in [0.15, 0.2) is 27.4 Å². The van der Waals surface area contributed by atoms with Crippen molar-refractivity contribution in [1.82, 2.24) is 0 Å². The van der Waals surface area contributed by atoms with Crippen LogP contribution in [0.1, 0.15) is 16.7 Å². The number of methoxy groups -OCH3 is 1. The molecule has 4 nitrogen and oxygen atoms in total. The molecule has 2 aromatic carbocycles. The molecule has 108 valence electrons. The van der Waals surface area contributed by atoms with E-state index in [1.165, 1.54) is 0 Å².